The summed E-state index contributed by atoms with van der Waals surface area (Å²) in [6, 6.07) is 2.71. The normalized spacial score (nSPS) is 32.6. The van der Waals surface area contributed by atoms with Crippen molar-refractivity contribution < 1.29 is 4.74 Å². The molecule has 3 aliphatic rings. The van der Waals surface area contributed by atoms with Crippen molar-refractivity contribution in [1.29, 1.82) is 5.26 Å². The Balaban J connectivity index is 1.61. The van der Waals surface area contributed by atoms with Gasteiger partial charge < -0.3 is 4.74 Å². The van der Waals surface area contributed by atoms with Gasteiger partial charge in [0.25, 0.3) is 0 Å². The van der Waals surface area contributed by atoms with Gasteiger partial charge in [-0.05, 0) is 44.9 Å². The lowest BCUT2D eigenvalue weighted by Gasteiger charge is -2.32. The van der Waals surface area contributed by atoms with E-state index in [1.165, 1.54) is 70.6 Å². The minimum Gasteiger partial charge on any atom is -0.372 e. The predicted molar refractivity (Wildman–Crippen MR) is 80.3 cm³/mol. The molecule has 0 aromatic carbocycles. The minimum atomic E-state index is -0.0742. The van der Waals surface area contributed by atoms with Crippen LogP contribution in [0.3, 0.4) is 0 Å². The molecule has 1 unspecified atom stereocenters. The van der Waals surface area contributed by atoms with E-state index in [1.807, 2.05) is 0 Å². The van der Waals surface area contributed by atoms with Crippen molar-refractivity contribution in [3.8, 4) is 6.07 Å². The Morgan fingerprint density at radius 3 is 2.10 bits per heavy atom. The Bertz CT molecular complexity index is 356. The van der Waals surface area contributed by atoms with Crippen LogP contribution in [-0.4, -0.2) is 11.7 Å². The van der Waals surface area contributed by atoms with Gasteiger partial charge in [-0.2, -0.15) is 5.26 Å². The van der Waals surface area contributed by atoms with Crippen LogP contribution in [0, 0.1) is 16.7 Å². The largest absolute Gasteiger partial charge is 0.372 e. The molecule has 1 heterocycles. The topological polar surface area (TPSA) is 33.0 Å². The van der Waals surface area contributed by atoms with Crippen molar-refractivity contribution in [3.05, 3.63) is 0 Å². The molecule has 0 amide bonds. The van der Waals surface area contributed by atoms with E-state index in [0.29, 0.717) is 6.10 Å². The molecule has 20 heavy (non-hydrogen) atoms. The highest BCUT2D eigenvalue weighted by Gasteiger charge is 2.44. The molecule has 0 aromatic heterocycles. The predicted octanol–water partition coefficient (Wildman–Crippen LogP) is 5.12. The van der Waals surface area contributed by atoms with Crippen LogP contribution in [0.4, 0.5) is 0 Å². The lowest BCUT2D eigenvalue weighted by molar-refractivity contribution is -0.0506. The van der Waals surface area contributed by atoms with Gasteiger partial charge in [0.2, 0.25) is 0 Å². The third-order valence-corrected chi connectivity index (χ3v) is 6.02. The number of hydrogen-bond donors (Lipinski definition) is 0. The molecule has 1 spiro atoms. The number of ether oxygens (including phenoxy) is 1. The lowest BCUT2D eigenvalue weighted by Crippen LogP contribution is -2.29. The number of nitrogens with zero attached hydrogens (tertiary/aromatic N) is 1. The Morgan fingerprint density at radius 2 is 1.45 bits per heavy atom. The molecule has 0 aromatic rings. The molecule has 0 bridgehead atoms. The van der Waals surface area contributed by atoms with Crippen molar-refractivity contribution >= 4 is 0 Å². The van der Waals surface area contributed by atoms with Gasteiger partial charge in [-0.3, -0.25) is 0 Å². The maximum Gasteiger partial charge on any atom is 0.0690 e. The second-order valence-corrected chi connectivity index (χ2v) is 7.53. The van der Waals surface area contributed by atoms with E-state index in [-0.39, 0.29) is 11.0 Å². The molecule has 2 nitrogen and oxygen atoms in total. The molecule has 2 saturated carbocycles. The zero-order valence-corrected chi connectivity index (χ0v) is 12.8. The fourth-order valence-electron chi connectivity index (χ4n) is 4.81. The third-order valence-electron chi connectivity index (χ3n) is 6.02. The summed E-state index contributed by atoms with van der Waals surface area (Å²) in [6.45, 7) is 0. The molecule has 0 radical (unpaired) electrons. The van der Waals surface area contributed by atoms with Crippen molar-refractivity contribution in [1.82, 2.24) is 0 Å². The van der Waals surface area contributed by atoms with Crippen LogP contribution >= 0.6 is 0 Å². The van der Waals surface area contributed by atoms with Crippen LogP contribution in [0.25, 0.3) is 0 Å². The second-order valence-electron chi connectivity index (χ2n) is 7.53. The summed E-state index contributed by atoms with van der Waals surface area (Å²) in [5.41, 5.74) is 0.151. The molecule has 0 N–H and O–H groups in total. The smallest absolute Gasteiger partial charge is 0.0690 e. The first-order valence-electron chi connectivity index (χ1n) is 8.85. The summed E-state index contributed by atoms with van der Waals surface area (Å²) >= 11 is 0. The van der Waals surface area contributed by atoms with Crippen LogP contribution in [0.2, 0.25) is 0 Å². The van der Waals surface area contributed by atoms with Crippen LogP contribution < -0.4 is 0 Å². The van der Waals surface area contributed by atoms with E-state index in [4.69, 9.17) is 4.74 Å². The standard InChI is InChI=1S/C18H29NO/c19-15-17(9-4-2-1-3-5-10-17)14-16-8-13-18(20-16)11-6-7-12-18/h16H,1-14H2. The summed E-state index contributed by atoms with van der Waals surface area (Å²) in [6.07, 6.45) is 17.7. The van der Waals surface area contributed by atoms with Crippen molar-refractivity contribution in [3.63, 3.8) is 0 Å². The number of hydrogen-bond acceptors (Lipinski definition) is 2. The zero-order chi connectivity index (χ0) is 13.9. The molecule has 1 aliphatic heterocycles. The average molecular weight is 275 g/mol. The van der Waals surface area contributed by atoms with Crippen LogP contribution in [0.5, 0.6) is 0 Å². The monoisotopic (exact) mass is 275 g/mol. The molecular formula is C18H29NO. The summed E-state index contributed by atoms with van der Waals surface area (Å²) in [7, 11) is 0. The number of rotatable bonds is 2. The SMILES string of the molecule is N#CC1(CC2CCC3(CCCC3)O2)CCCCCCC1. The van der Waals surface area contributed by atoms with Crippen molar-refractivity contribution in [2.45, 2.75) is 102 Å². The molecule has 2 heteroatoms. The average Bonchev–Trinajstić information content (AvgIpc) is 3.04. The summed E-state index contributed by atoms with van der Waals surface area (Å²) in [5.74, 6) is 0. The van der Waals surface area contributed by atoms with Gasteiger partial charge in [-0.25, -0.2) is 0 Å². The highest BCUT2D eigenvalue weighted by atomic mass is 16.5. The van der Waals surface area contributed by atoms with Gasteiger partial charge in [0, 0.05) is 0 Å². The quantitative estimate of drug-likeness (QED) is 0.700. The van der Waals surface area contributed by atoms with Gasteiger partial charge in [-0.15, -0.1) is 0 Å². The maximum atomic E-state index is 9.77. The van der Waals surface area contributed by atoms with Crippen LogP contribution in [0.1, 0.15) is 89.9 Å². The van der Waals surface area contributed by atoms with E-state index in [1.54, 1.807) is 0 Å². The van der Waals surface area contributed by atoms with E-state index in [0.717, 1.165) is 19.3 Å². The van der Waals surface area contributed by atoms with Crippen LogP contribution in [-0.2, 0) is 4.74 Å². The van der Waals surface area contributed by atoms with Crippen molar-refractivity contribution in [2.75, 3.05) is 0 Å². The van der Waals surface area contributed by atoms with Gasteiger partial charge >= 0.3 is 0 Å². The molecule has 112 valence electrons. The summed E-state index contributed by atoms with van der Waals surface area (Å²) in [5, 5.41) is 9.77. The third kappa shape index (κ3) is 3.03. The molecule has 2 aliphatic carbocycles. The Labute approximate surface area is 123 Å². The highest BCUT2D eigenvalue weighted by molar-refractivity contribution is 5.03. The van der Waals surface area contributed by atoms with Gasteiger partial charge in [-0.1, -0.05) is 44.9 Å². The zero-order valence-electron chi connectivity index (χ0n) is 12.8. The Morgan fingerprint density at radius 1 is 0.850 bits per heavy atom. The fourth-order valence-corrected chi connectivity index (χ4v) is 4.81. The molecule has 3 fully saturated rings. The molecule has 1 atom stereocenters. The van der Waals surface area contributed by atoms with E-state index in [2.05, 4.69) is 6.07 Å². The first kappa shape index (κ1) is 14.4. The van der Waals surface area contributed by atoms with Gasteiger partial charge in [0.05, 0.1) is 23.2 Å². The Kier molecular flexibility index (Phi) is 4.36. The summed E-state index contributed by atoms with van der Waals surface area (Å²) in [4.78, 5) is 0. The lowest BCUT2D eigenvalue weighted by atomic mass is 9.73. The van der Waals surface area contributed by atoms with E-state index < -0.39 is 0 Å². The molecule has 1 saturated heterocycles. The first-order chi connectivity index (χ1) is 9.76. The van der Waals surface area contributed by atoms with Gasteiger partial charge in [0.1, 0.15) is 0 Å². The molecular weight excluding hydrogens is 246 g/mol. The van der Waals surface area contributed by atoms with E-state index in [9.17, 15) is 5.26 Å². The Hall–Kier alpha value is -0.550. The highest BCUT2D eigenvalue weighted by Crippen LogP contribution is 2.47. The summed E-state index contributed by atoms with van der Waals surface area (Å²) < 4.78 is 6.46. The second kappa shape index (κ2) is 6.06. The maximum absolute atomic E-state index is 9.77. The number of nitriles is 1. The van der Waals surface area contributed by atoms with E-state index >= 15 is 0 Å². The van der Waals surface area contributed by atoms with Gasteiger partial charge in [0.15, 0.2) is 0 Å². The first-order valence-corrected chi connectivity index (χ1v) is 8.85. The fraction of sp³-hybridized carbons (Fsp3) is 0.944. The van der Waals surface area contributed by atoms with Crippen molar-refractivity contribution in [2.24, 2.45) is 5.41 Å². The molecule has 3 rings (SSSR count). The minimum absolute atomic E-state index is 0.0742. The van der Waals surface area contributed by atoms with Crippen LogP contribution in [0.15, 0.2) is 0 Å².